The molecule has 1 N–H and O–H groups in total. The number of esters is 1. The molecule has 2 aromatic rings. The summed E-state index contributed by atoms with van der Waals surface area (Å²) in [6.07, 6.45) is -1.10. The molecule has 0 bridgehead atoms. The summed E-state index contributed by atoms with van der Waals surface area (Å²) in [6, 6.07) is 16.0. The predicted octanol–water partition coefficient (Wildman–Crippen LogP) is 3.00. The SMILES string of the molecule is Cc1ccc([C@H](OC(=O)c2ccccc2)[C@H]2COC(=O)N2)cc1. The quantitative estimate of drug-likeness (QED) is 0.882. The molecule has 0 spiro atoms. The number of hydrogen-bond acceptors (Lipinski definition) is 4. The molecule has 1 aliphatic rings. The molecule has 2 atom stereocenters. The molecule has 0 saturated carbocycles. The first kappa shape index (κ1) is 15.1. The highest BCUT2D eigenvalue weighted by Gasteiger charge is 2.34. The number of carbonyl (C=O) groups excluding carboxylic acids is 2. The van der Waals surface area contributed by atoms with Gasteiger partial charge >= 0.3 is 12.1 Å². The topological polar surface area (TPSA) is 64.6 Å². The maximum Gasteiger partial charge on any atom is 0.407 e. The molecule has 1 saturated heterocycles. The van der Waals surface area contributed by atoms with Crippen LogP contribution in [0.5, 0.6) is 0 Å². The van der Waals surface area contributed by atoms with Gasteiger partial charge in [-0.15, -0.1) is 0 Å². The van der Waals surface area contributed by atoms with E-state index in [0.29, 0.717) is 5.56 Å². The molecule has 3 rings (SSSR count). The number of nitrogens with one attached hydrogen (secondary N) is 1. The van der Waals surface area contributed by atoms with Crippen LogP contribution in [0.2, 0.25) is 0 Å². The van der Waals surface area contributed by atoms with Crippen LogP contribution in [0.15, 0.2) is 54.6 Å². The van der Waals surface area contributed by atoms with Gasteiger partial charge in [-0.25, -0.2) is 9.59 Å². The third-order valence-corrected chi connectivity index (χ3v) is 3.71. The number of rotatable bonds is 4. The van der Waals surface area contributed by atoms with Gasteiger partial charge in [0.1, 0.15) is 12.6 Å². The van der Waals surface area contributed by atoms with Crippen LogP contribution in [0, 0.1) is 6.92 Å². The lowest BCUT2D eigenvalue weighted by molar-refractivity contribution is 0.0203. The minimum absolute atomic E-state index is 0.166. The monoisotopic (exact) mass is 311 g/mol. The van der Waals surface area contributed by atoms with Crippen molar-refractivity contribution in [2.45, 2.75) is 19.1 Å². The predicted molar refractivity (Wildman–Crippen MR) is 84.0 cm³/mol. The van der Waals surface area contributed by atoms with Gasteiger partial charge in [-0.1, -0.05) is 48.0 Å². The summed E-state index contributed by atoms with van der Waals surface area (Å²) in [7, 11) is 0. The van der Waals surface area contributed by atoms with E-state index in [-0.39, 0.29) is 6.61 Å². The molecule has 2 aromatic carbocycles. The van der Waals surface area contributed by atoms with Crippen LogP contribution < -0.4 is 5.32 Å². The van der Waals surface area contributed by atoms with E-state index < -0.39 is 24.2 Å². The zero-order valence-corrected chi connectivity index (χ0v) is 12.7. The summed E-state index contributed by atoms with van der Waals surface area (Å²) in [6.45, 7) is 2.15. The van der Waals surface area contributed by atoms with Crippen LogP contribution in [0.3, 0.4) is 0 Å². The molecule has 1 amide bonds. The molecule has 0 radical (unpaired) electrons. The minimum Gasteiger partial charge on any atom is -0.452 e. The smallest absolute Gasteiger partial charge is 0.407 e. The summed E-state index contributed by atoms with van der Waals surface area (Å²) in [5.41, 5.74) is 2.39. The van der Waals surface area contributed by atoms with Gasteiger partial charge < -0.3 is 14.8 Å². The lowest BCUT2D eigenvalue weighted by Crippen LogP contribution is -2.35. The lowest BCUT2D eigenvalue weighted by atomic mass is 10.0. The van der Waals surface area contributed by atoms with Crippen LogP contribution in [0.4, 0.5) is 4.79 Å². The molecule has 1 aliphatic heterocycles. The Balaban J connectivity index is 1.84. The first-order valence-corrected chi connectivity index (χ1v) is 7.39. The number of hydrogen-bond donors (Lipinski definition) is 1. The van der Waals surface area contributed by atoms with Crippen molar-refractivity contribution in [3.05, 3.63) is 71.3 Å². The molecule has 0 aromatic heterocycles. The Kier molecular flexibility index (Phi) is 4.28. The number of benzene rings is 2. The molecule has 0 unspecified atom stereocenters. The Morgan fingerprint density at radius 1 is 1.17 bits per heavy atom. The van der Waals surface area contributed by atoms with Crippen LogP contribution in [0.25, 0.3) is 0 Å². The van der Waals surface area contributed by atoms with Crippen molar-refractivity contribution < 1.29 is 19.1 Å². The van der Waals surface area contributed by atoms with Gasteiger partial charge in [0.15, 0.2) is 6.10 Å². The highest BCUT2D eigenvalue weighted by molar-refractivity contribution is 5.89. The third-order valence-electron chi connectivity index (χ3n) is 3.71. The Bertz CT molecular complexity index is 697. The van der Waals surface area contributed by atoms with Gasteiger partial charge in [0.2, 0.25) is 0 Å². The molecule has 5 heteroatoms. The molecule has 5 nitrogen and oxygen atoms in total. The fraction of sp³-hybridized carbons (Fsp3) is 0.222. The summed E-state index contributed by atoms with van der Waals surface area (Å²) < 4.78 is 10.6. The highest BCUT2D eigenvalue weighted by atomic mass is 16.6. The number of amides is 1. The van der Waals surface area contributed by atoms with Crippen molar-refractivity contribution in [2.24, 2.45) is 0 Å². The van der Waals surface area contributed by atoms with Crippen molar-refractivity contribution in [3.8, 4) is 0 Å². The fourth-order valence-corrected chi connectivity index (χ4v) is 2.46. The number of ether oxygens (including phenoxy) is 2. The molecular weight excluding hydrogens is 294 g/mol. The molecule has 1 fully saturated rings. The Morgan fingerprint density at radius 2 is 1.87 bits per heavy atom. The molecule has 118 valence electrons. The second-order valence-corrected chi connectivity index (χ2v) is 5.45. The van der Waals surface area contributed by atoms with Crippen LogP contribution in [0.1, 0.15) is 27.6 Å². The zero-order valence-electron chi connectivity index (χ0n) is 12.7. The second-order valence-electron chi connectivity index (χ2n) is 5.45. The summed E-state index contributed by atoms with van der Waals surface area (Å²) in [4.78, 5) is 23.7. The molecular formula is C18H17NO4. The standard InChI is InChI=1S/C18H17NO4/c1-12-7-9-13(10-8-12)16(15-11-22-18(21)19-15)23-17(20)14-5-3-2-4-6-14/h2-10,15-16H,11H2,1H3,(H,19,21)/t15-,16+/m1/s1. The zero-order chi connectivity index (χ0) is 16.2. The van der Waals surface area contributed by atoms with Crippen molar-refractivity contribution in [1.82, 2.24) is 5.32 Å². The second kappa shape index (κ2) is 6.52. The van der Waals surface area contributed by atoms with Gasteiger partial charge in [0.25, 0.3) is 0 Å². The first-order chi connectivity index (χ1) is 11.1. The van der Waals surface area contributed by atoms with Crippen molar-refractivity contribution in [1.29, 1.82) is 0 Å². The molecule has 1 heterocycles. The number of carbonyl (C=O) groups is 2. The van der Waals surface area contributed by atoms with E-state index in [2.05, 4.69) is 5.32 Å². The minimum atomic E-state index is -0.602. The number of aryl methyl sites for hydroxylation is 1. The number of alkyl carbamates (subject to hydrolysis) is 1. The number of cyclic esters (lactones) is 1. The van der Waals surface area contributed by atoms with Crippen LogP contribution in [-0.4, -0.2) is 24.7 Å². The van der Waals surface area contributed by atoms with E-state index in [1.807, 2.05) is 37.3 Å². The van der Waals surface area contributed by atoms with E-state index in [4.69, 9.17) is 9.47 Å². The van der Waals surface area contributed by atoms with E-state index in [1.165, 1.54) is 0 Å². The fourth-order valence-electron chi connectivity index (χ4n) is 2.46. The average molecular weight is 311 g/mol. The maximum atomic E-state index is 12.4. The van der Waals surface area contributed by atoms with E-state index in [0.717, 1.165) is 11.1 Å². The van der Waals surface area contributed by atoms with E-state index in [1.54, 1.807) is 24.3 Å². The normalized spacial score (nSPS) is 18.0. The first-order valence-electron chi connectivity index (χ1n) is 7.39. The van der Waals surface area contributed by atoms with E-state index in [9.17, 15) is 9.59 Å². The van der Waals surface area contributed by atoms with Crippen LogP contribution >= 0.6 is 0 Å². The Hall–Kier alpha value is -2.82. The third kappa shape index (κ3) is 3.51. The molecule has 23 heavy (non-hydrogen) atoms. The summed E-state index contributed by atoms with van der Waals surface area (Å²) >= 11 is 0. The summed E-state index contributed by atoms with van der Waals surface area (Å²) in [5, 5.41) is 2.69. The lowest BCUT2D eigenvalue weighted by Gasteiger charge is -2.22. The van der Waals surface area contributed by atoms with Crippen molar-refractivity contribution >= 4 is 12.1 Å². The Labute approximate surface area is 134 Å². The van der Waals surface area contributed by atoms with Gasteiger partial charge in [-0.2, -0.15) is 0 Å². The van der Waals surface area contributed by atoms with Crippen molar-refractivity contribution in [3.63, 3.8) is 0 Å². The maximum absolute atomic E-state index is 12.4. The van der Waals surface area contributed by atoms with Gasteiger partial charge in [0.05, 0.1) is 5.56 Å². The average Bonchev–Trinajstić information content (AvgIpc) is 3.00. The van der Waals surface area contributed by atoms with Gasteiger partial charge in [0, 0.05) is 0 Å². The van der Waals surface area contributed by atoms with Gasteiger partial charge in [-0.3, -0.25) is 0 Å². The molecule has 0 aliphatic carbocycles. The summed E-state index contributed by atoms with van der Waals surface area (Å²) in [5.74, 6) is -0.433. The largest absolute Gasteiger partial charge is 0.452 e. The Morgan fingerprint density at radius 3 is 2.48 bits per heavy atom. The highest BCUT2D eigenvalue weighted by Crippen LogP contribution is 2.26. The van der Waals surface area contributed by atoms with Gasteiger partial charge in [-0.05, 0) is 24.6 Å². The van der Waals surface area contributed by atoms with E-state index >= 15 is 0 Å². The van der Waals surface area contributed by atoms with Crippen molar-refractivity contribution in [2.75, 3.05) is 6.61 Å². The van der Waals surface area contributed by atoms with Crippen LogP contribution in [-0.2, 0) is 9.47 Å².